The highest BCUT2D eigenvalue weighted by Crippen LogP contribution is 2.40. The Morgan fingerprint density at radius 1 is 0.935 bits per heavy atom. The van der Waals surface area contributed by atoms with Crippen molar-refractivity contribution in [2.75, 3.05) is 38.0 Å². The third-order valence-corrected chi connectivity index (χ3v) is 6.05. The summed E-state index contributed by atoms with van der Waals surface area (Å²) in [7, 11) is 0. The molecule has 1 aromatic heterocycles. The second kappa shape index (κ2) is 8.47. The smallest absolute Gasteiger partial charge is 0.254 e. The fourth-order valence-electron chi connectivity index (χ4n) is 4.17. The van der Waals surface area contributed by atoms with Crippen LogP contribution in [0.3, 0.4) is 0 Å². The molecule has 1 saturated heterocycles. The zero-order valence-corrected chi connectivity index (χ0v) is 17.5. The number of hydrogen-bond acceptors (Lipinski definition) is 4. The average molecular weight is 415 g/mol. The number of amides is 2. The van der Waals surface area contributed by atoms with Crippen LogP contribution in [-0.4, -0.2) is 59.3 Å². The largest absolute Gasteiger partial charge is 0.336 e. The van der Waals surface area contributed by atoms with Crippen molar-refractivity contribution in [2.45, 2.75) is 18.8 Å². The van der Waals surface area contributed by atoms with Crippen LogP contribution in [-0.2, 0) is 4.79 Å². The number of carbonyl (C=O) groups is 2. The van der Waals surface area contributed by atoms with Crippen molar-refractivity contribution in [2.24, 2.45) is 0 Å². The van der Waals surface area contributed by atoms with Gasteiger partial charge in [0.2, 0.25) is 5.91 Å². The molecule has 0 bridgehead atoms. The molecule has 2 aliphatic rings. The number of carbonyl (C=O) groups excluding carboxylic acids is 2. The monoisotopic (exact) mass is 414 g/mol. The predicted molar refractivity (Wildman–Crippen MR) is 121 cm³/mol. The van der Waals surface area contributed by atoms with Crippen molar-refractivity contribution >= 4 is 28.4 Å². The lowest BCUT2D eigenvalue weighted by Gasteiger charge is -2.34. The van der Waals surface area contributed by atoms with E-state index in [1.165, 1.54) is 0 Å². The quantitative estimate of drug-likeness (QED) is 0.694. The summed E-state index contributed by atoms with van der Waals surface area (Å²) in [5.41, 5.74) is 3.49. The van der Waals surface area contributed by atoms with Crippen LogP contribution in [0.25, 0.3) is 10.9 Å². The summed E-state index contributed by atoms with van der Waals surface area (Å²) in [6, 6.07) is 19.4. The van der Waals surface area contributed by atoms with E-state index in [-0.39, 0.29) is 11.8 Å². The average Bonchev–Trinajstić information content (AvgIpc) is 3.65. The van der Waals surface area contributed by atoms with Crippen LogP contribution in [0.2, 0.25) is 0 Å². The SMILES string of the molecule is O=C(CN1CCN(C(=O)c2cc(C3CC3)nc3ccccc23)CC1)Nc1ccccc1. The van der Waals surface area contributed by atoms with E-state index in [1.54, 1.807) is 0 Å². The molecular formula is C25H26N4O2. The van der Waals surface area contributed by atoms with Gasteiger partial charge in [-0.25, -0.2) is 0 Å². The third kappa shape index (κ3) is 4.44. The van der Waals surface area contributed by atoms with E-state index >= 15 is 0 Å². The van der Waals surface area contributed by atoms with Gasteiger partial charge in [0.25, 0.3) is 5.91 Å². The van der Waals surface area contributed by atoms with Gasteiger partial charge in [-0.15, -0.1) is 0 Å². The van der Waals surface area contributed by atoms with Crippen LogP contribution in [0.5, 0.6) is 0 Å². The summed E-state index contributed by atoms with van der Waals surface area (Å²) in [5.74, 6) is 0.533. The Bertz CT molecular complexity index is 1100. The van der Waals surface area contributed by atoms with Crippen LogP contribution in [0.4, 0.5) is 5.69 Å². The normalized spacial score (nSPS) is 17.0. The van der Waals surface area contributed by atoms with Crippen molar-refractivity contribution in [3.63, 3.8) is 0 Å². The highest BCUT2D eigenvalue weighted by atomic mass is 16.2. The predicted octanol–water partition coefficient (Wildman–Crippen LogP) is 3.51. The Morgan fingerprint density at radius 2 is 1.65 bits per heavy atom. The van der Waals surface area contributed by atoms with Gasteiger partial charge in [0.05, 0.1) is 17.6 Å². The molecule has 0 unspecified atom stereocenters. The zero-order valence-electron chi connectivity index (χ0n) is 17.5. The van der Waals surface area contributed by atoms with Gasteiger partial charge >= 0.3 is 0 Å². The number of aromatic nitrogens is 1. The van der Waals surface area contributed by atoms with Gasteiger partial charge in [0.1, 0.15) is 0 Å². The molecule has 3 aromatic rings. The van der Waals surface area contributed by atoms with Crippen LogP contribution < -0.4 is 5.32 Å². The molecule has 0 atom stereocenters. The number of anilines is 1. The van der Waals surface area contributed by atoms with E-state index in [9.17, 15) is 9.59 Å². The van der Waals surface area contributed by atoms with E-state index in [0.29, 0.717) is 38.6 Å². The Hall–Kier alpha value is -3.25. The van der Waals surface area contributed by atoms with Crippen LogP contribution >= 0.6 is 0 Å². The number of benzene rings is 2. The molecular weight excluding hydrogens is 388 g/mol. The molecule has 2 heterocycles. The van der Waals surface area contributed by atoms with Crippen LogP contribution in [0.15, 0.2) is 60.7 Å². The van der Waals surface area contributed by atoms with Crippen molar-refractivity contribution in [3.05, 3.63) is 71.9 Å². The van der Waals surface area contributed by atoms with Crippen LogP contribution in [0.1, 0.15) is 34.8 Å². The number of pyridine rings is 1. The van der Waals surface area contributed by atoms with Gasteiger partial charge in [0.15, 0.2) is 0 Å². The number of fused-ring (bicyclic) bond motifs is 1. The highest BCUT2D eigenvalue weighted by molar-refractivity contribution is 6.06. The molecule has 31 heavy (non-hydrogen) atoms. The first kappa shape index (κ1) is 19.7. The first-order chi connectivity index (χ1) is 15.2. The minimum absolute atomic E-state index is 0.0276. The van der Waals surface area contributed by atoms with Gasteiger partial charge < -0.3 is 10.2 Å². The molecule has 6 nitrogen and oxygen atoms in total. The molecule has 158 valence electrons. The van der Waals surface area contributed by atoms with Gasteiger partial charge in [-0.1, -0.05) is 36.4 Å². The number of rotatable bonds is 5. The molecule has 0 spiro atoms. The maximum atomic E-state index is 13.4. The molecule has 2 amide bonds. The lowest BCUT2D eigenvalue weighted by Crippen LogP contribution is -2.50. The van der Waals surface area contributed by atoms with Crippen molar-refractivity contribution in [1.82, 2.24) is 14.8 Å². The molecule has 1 aliphatic carbocycles. The fraction of sp³-hybridized carbons (Fsp3) is 0.320. The Kier molecular flexibility index (Phi) is 5.38. The lowest BCUT2D eigenvalue weighted by atomic mass is 10.0. The summed E-state index contributed by atoms with van der Waals surface area (Å²) in [6.07, 6.45) is 2.31. The van der Waals surface area contributed by atoms with Crippen molar-refractivity contribution < 1.29 is 9.59 Å². The van der Waals surface area contributed by atoms with Gasteiger partial charge in [0, 0.05) is 48.9 Å². The second-order valence-corrected chi connectivity index (χ2v) is 8.37. The Labute approximate surface area is 181 Å². The van der Waals surface area contributed by atoms with Crippen molar-refractivity contribution in [1.29, 1.82) is 0 Å². The van der Waals surface area contributed by atoms with Gasteiger partial charge in [-0.2, -0.15) is 0 Å². The minimum atomic E-state index is -0.0276. The second-order valence-electron chi connectivity index (χ2n) is 8.37. The lowest BCUT2D eigenvalue weighted by molar-refractivity contribution is -0.117. The number of hydrogen-bond donors (Lipinski definition) is 1. The maximum absolute atomic E-state index is 13.4. The number of nitrogens with one attached hydrogen (secondary N) is 1. The van der Waals surface area contributed by atoms with E-state index in [4.69, 9.17) is 4.98 Å². The first-order valence-corrected chi connectivity index (χ1v) is 10.9. The number of para-hydroxylation sites is 2. The summed E-state index contributed by atoms with van der Waals surface area (Å²) in [6.45, 7) is 2.94. The van der Waals surface area contributed by atoms with Crippen molar-refractivity contribution in [3.8, 4) is 0 Å². The molecule has 1 N–H and O–H groups in total. The van der Waals surface area contributed by atoms with Gasteiger partial charge in [-0.05, 0) is 37.1 Å². The molecule has 6 heteroatoms. The molecule has 0 radical (unpaired) electrons. The van der Waals surface area contributed by atoms with E-state index < -0.39 is 0 Å². The molecule has 2 fully saturated rings. The number of piperazine rings is 1. The topological polar surface area (TPSA) is 65.5 Å². The Morgan fingerprint density at radius 3 is 2.39 bits per heavy atom. The first-order valence-electron chi connectivity index (χ1n) is 10.9. The van der Waals surface area contributed by atoms with Gasteiger partial charge in [-0.3, -0.25) is 19.5 Å². The third-order valence-electron chi connectivity index (χ3n) is 6.05. The van der Waals surface area contributed by atoms with E-state index in [1.807, 2.05) is 65.6 Å². The standard InChI is InChI=1S/C25H26N4O2/c30-24(26-19-6-2-1-3-7-19)17-28-12-14-29(15-13-28)25(31)21-16-23(18-10-11-18)27-22-9-5-4-8-20(21)22/h1-9,16,18H,10-15,17H2,(H,26,30). The summed E-state index contributed by atoms with van der Waals surface area (Å²) in [4.78, 5) is 34.5. The zero-order chi connectivity index (χ0) is 21.2. The molecule has 1 saturated carbocycles. The summed E-state index contributed by atoms with van der Waals surface area (Å²) >= 11 is 0. The van der Waals surface area contributed by atoms with E-state index in [2.05, 4.69) is 10.2 Å². The number of nitrogens with zero attached hydrogens (tertiary/aromatic N) is 3. The Balaban J connectivity index is 1.24. The molecule has 2 aromatic carbocycles. The molecule has 1 aliphatic heterocycles. The minimum Gasteiger partial charge on any atom is -0.336 e. The maximum Gasteiger partial charge on any atom is 0.254 e. The summed E-state index contributed by atoms with van der Waals surface area (Å²) in [5, 5.41) is 3.84. The highest BCUT2D eigenvalue weighted by Gasteiger charge is 2.29. The fourth-order valence-corrected chi connectivity index (χ4v) is 4.17. The molecule has 5 rings (SSSR count). The summed E-state index contributed by atoms with van der Waals surface area (Å²) < 4.78 is 0. The van der Waals surface area contributed by atoms with E-state index in [0.717, 1.165) is 40.7 Å². The van der Waals surface area contributed by atoms with Crippen LogP contribution in [0, 0.1) is 0 Å².